The van der Waals surface area contributed by atoms with Gasteiger partial charge in [0.15, 0.2) is 0 Å². The predicted molar refractivity (Wildman–Crippen MR) is 106 cm³/mol. The van der Waals surface area contributed by atoms with Crippen molar-refractivity contribution in [3.05, 3.63) is 41.4 Å². The van der Waals surface area contributed by atoms with Crippen LogP contribution >= 0.6 is 11.3 Å². The van der Waals surface area contributed by atoms with Gasteiger partial charge in [0.25, 0.3) is 0 Å². The second kappa shape index (κ2) is 6.75. The number of pyridine rings is 1. The molecule has 3 heterocycles. The summed E-state index contributed by atoms with van der Waals surface area (Å²) in [5, 5.41) is 14.7. The molecule has 25 heavy (non-hydrogen) atoms. The second-order valence-electron chi connectivity index (χ2n) is 6.92. The van der Waals surface area contributed by atoms with Gasteiger partial charge in [-0.15, -0.1) is 11.3 Å². The van der Waals surface area contributed by atoms with Gasteiger partial charge in [-0.25, -0.2) is 0 Å². The summed E-state index contributed by atoms with van der Waals surface area (Å²) in [5.41, 5.74) is 1.80. The lowest BCUT2D eigenvalue weighted by Gasteiger charge is -2.19. The van der Waals surface area contributed by atoms with Crippen LogP contribution in [-0.2, 0) is 0 Å². The number of aromatic hydroxyl groups is 1. The Hall–Kier alpha value is -1.95. The molecule has 1 fully saturated rings. The number of thiophene rings is 1. The lowest BCUT2D eigenvalue weighted by molar-refractivity contribution is 0.280. The molecular weight excluding hydrogens is 330 g/mol. The fraction of sp³-hybridized carbons (Fsp3) is 0.350. The summed E-state index contributed by atoms with van der Waals surface area (Å²) in [4.78, 5) is 9.31. The molecule has 0 aliphatic carbocycles. The minimum atomic E-state index is 0.317. The Morgan fingerprint density at radius 2 is 2.24 bits per heavy atom. The quantitative estimate of drug-likeness (QED) is 0.774. The van der Waals surface area contributed by atoms with E-state index < -0.39 is 0 Å². The third-order valence-electron chi connectivity index (χ3n) is 5.11. The number of likely N-dealkylation sites (tertiary alicyclic amines) is 1. The van der Waals surface area contributed by atoms with Crippen molar-refractivity contribution >= 4 is 38.4 Å². The molecular formula is C20H23N3OS. The molecule has 1 aliphatic heterocycles. The zero-order chi connectivity index (χ0) is 17.4. The molecule has 4 rings (SSSR count). The molecule has 1 aromatic carbocycles. The van der Waals surface area contributed by atoms with Gasteiger partial charge in [-0.05, 0) is 44.1 Å². The Morgan fingerprint density at radius 3 is 3.04 bits per heavy atom. The molecule has 1 saturated heterocycles. The highest BCUT2D eigenvalue weighted by Crippen LogP contribution is 2.34. The summed E-state index contributed by atoms with van der Waals surface area (Å²) in [6, 6.07) is 6.39. The van der Waals surface area contributed by atoms with Crippen LogP contribution in [0.4, 0.5) is 0 Å². The zero-order valence-corrected chi connectivity index (χ0v) is 15.5. The zero-order valence-electron chi connectivity index (χ0n) is 14.6. The van der Waals surface area contributed by atoms with Gasteiger partial charge in [-0.1, -0.05) is 12.2 Å². The maximum absolute atomic E-state index is 10.4. The van der Waals surface area contributed by atoms with Crippen LogP contribution in [0, 0.1) is 0 Å². The van der Waals surface area contributed by atoms with Crippen molar-refractivity contribution in [1.82, 2.24) is 14.8 Å². The van der Waals surface area contributed by atoms with Gasteiger partial charge in [-0.2, -0.15) is 0 Å². The van der Waals surface area contributed by atoms with Crippen molar-refractivity contribution in [1.29, 1.82) is 0 Å². The number of likely N-dealkylation sites (N-methyl/N-ethyl adjacent to an activating group) is 1. The van der Waals surface area contributed by atoms with Crippen LogP contribution in [0.3, 0.4) is 0 Å². The summed E-state index contributed by atoms with van der Waals surface area (Å²) >= 11 is 1.68. The van der Waals surface area contributed by atoms with E-state index in [9.17, 15) is 5.11 Å². The van der Waals surface area contributed by atoms with Crippen molar-refractivity contribution in [2.75, 3.05) is 33.7 Å². The lowest BCUT2D eigenvalue weighted by Crippen LogP contribution is -2.31. The van der Waals surface area contributed by atoms with Crippen molar-refractivity contribution in [3.8, 4) is 5.75 Å². The van der Waals surface area contributed by atoms with Crippen LogP contribution in [0.5, 0.6) is 5.75 Å². The van der Waals surface area contributed by atoms with E-state index in [1.807, 2.05) is 12.3 Å². The predicted octanol–water partition coefficient (Wildman–Crippen LogP) is 3.80. The maximum Gasteiger partial charge on any atom is 0.123 e. The third-order valence-corrected chi connectivity index (χ3v) is 5.96. The Labute approximate surface area is 152 Å². The largest absolute Gasteiger partial charge is 0.507 e. The topological polar surface area (TPSA) is 39.6 Å². The minimum absolute atomic E-state index is 0.317. The van der Waals surface area contributed by atoms with Crippen LogP contribution in [0.1, 0.15) is 12.0 Å². The lowest BCUT2D eigenvalue weighted by atomic mass is 10.0. The van der Waals surface area contributed by atoms with E-state index in [0.717, 1.165) is 40.8 Å². The van der Waals surface area contributed by atoms with Gasteiger partial charge in [0, 0.05) is 48.2 Å². The minimum Gasteiger partial charge on any atom is -0.507 e. The molecule has 1 N–H and O–H groups in total. The first-order valence-corrected chi connectivity index (χ1v) is 9.54. The molecule has 0 bridgehead atoms. The highest BCUT2D eigenvalue weighted by molar-refractivity contribution is 7.17. The van der Waals surface area contributed by atoms with Gasteiger partial charge in [-0.3, -0.25) is 9.88 Å². The van der Waals surface area contributed by atoms with Gasteiger partial charge in [0.2, 0.25) is 0 Å². The number of hydrogen-bond donors (Lipinski definition) is 1. The van der Waals surface area contributed by atoms with Gasteiger partial charge < -0.3 is 10.0 Å². The van der Waals surface area contributed by atoms with E-state index in [-0.39, 0.29) is 0 Å². The first kappa shape index (κ1) is 16.5. The molecule has 0 spiro atoms. The van der Waals surface area contributed by atoms with Crippen molar-refractivity contribution in [3.63, 3.8) is 0 Å². The Morgan fingerprint density at radius 1 is 1.36 bits per heavy atom. The van der Waals surface area contributed by atoms with Gasteiger partial charge >= 0.3 is 0 Å². The molecule has 5 heteroatoms. The van der Waals surface area contributed by atoms with Crippen LogP contribution < -0.4 is 0 Å². The second-order valence-corrected chi connectivity index (χ2v) is 7.86. The number of benzene rings is 1. The van der Waals surface area contributed by atoms with E-state index >= 15 is 0 Å². The van der Waals surface area contributed by atoms with E-state index in [1.165, 1.54) is 11.8 Å². The average molecular weight is 353 g/mol. The molecule has 1 atom stereocenters. The molecule has 3 aromatic rings. The van der Waals surface area contributed by atoms with Gasteiger partial charge in [0.05, 0.1) is 10.2 Å². The summed E-state index contributed by atoms with van der Waals surface area (Å²) in [6.45, 7) is 3.15. The van der Waals surface area contributed by atoms with E-state index in [4.69, 9.17) is 0 Å². The fourth-order valence-electron chi connectivity index (χ4n) is 3.63. The van der Waals surface area contributed by atoms with Gasteiger partial charge in [0.1, 0.15) is 5.75 Å². The molecule has 0 radical (unpaired) electrons. The number of rotatable bonds is 4. The normalized spacial score (nSPS) is 19.1. The Kier molecular flexibility index (Phi) is 4.46. The first-order chi connectivity index (χ1) is 12.1. The number of phenolic OH excluding ortho intramolecular Hbond substituents is 1. The van der Waals surface area contributed by atoms with Crippen LogP contribution in [0.15, 0.2) is 35.9 Å². The molecule has 4 nitrogen and oxygen atoms in total. The monoisotopic (exact) mass is 353 g/mol. The maximum atomic E-state index is 10.4. The SMILES string of the molecule is CN(C)C1CCN(C/C=C/c2c(O)ccc3ncc4sccc4c23)C1. The summed E-state index contributed by atoms with van der Waals surface area (Å²) in [7, 11) is 4.30. The van der Waals surface area contributed by atoms with Crippen molar-refractivity contribution < 1.29 is 5.11 Å². The van der Waals surface area contributed by atoms with Crippen molar-refractivity contribution in [2.24, 2.45) is 0 Å². The standard InChI is InChI=1S/C20H23N3OS/c1-22(2)14-7-10-23(13-14)9-3-4-15-18(24)6-5-17-20(15)16-8-11-25-19(16)12-21-17/h3-6,8,11-12,14,24H,7,9-10,13H2,1-2H3/b4-3+. The van der Waals surface area contributed by atoms with Crippen LogP contribution in [-0.4, -0.2) is 59.7 Å². The van der Waals surface area contributed by atoms with Crippen LogP contribution in [0.2, 0.25) is 0 Å². The number of aromatic nitrogens is 1. The average Bonchev–Trinajstić information content (AvgIpc) is 3.25. The van der Waals surface area contributed by atoms with E-state index in [1.54, 1.807) is 17.4 Å². The highest BCUT2D eigenvalue weighted by Gasteiger charge is 2.22. The Bertz CT molecular complexity index is 931. The summed E-state index contributed by atoms with van der Waals surface area (Å²) < 4.78 is 1.15. The van der Waals surface area contributed by atoms with Crippen LogP contribution in [0.25, 0.3) is 27.1 Å². The summed E-state index contributed by atoms with van der Waals surface area (Å²) in [5.74, 6) is 0.317. The number of nitrogens with zero attached hydrogens (tertiary/aromatic N) is 3. The Balaban J connectivity index is 1.63. The molecule has 2 aromatic heterocycles. The smallest absolute Gasteiger partial charge is 0.123 e. The van der Waals surface area contributed by atoms with E-state index in [0.29, 0.717) is 11.8 Å². The third kappa shape index (κ3) is 3.15. The summed E-state index contributed by atoms with van der Waals surface area (Å²) in [6.07, 6.45) is 7.36. The number of hydrogen-bond acceptors (Lipinski definition) is 5. The molecule has 1 aliphatic rings. The molecule has 0 amide bonds. The highest BCUT2D eigenvalue weighted by atomic mass is 32.1. The van der Waals surface area contributed by atoms with E-state index in [2.05, 4.69) is 52.5 Å². The number of phenols is 1. The number of fused-ring (bicyclic) bond motifs is 3. The molecule has 130 valence electrons. The fourth-order valence-corrected chi connectivity index (χ4v) is 4.39. The first-order valence-electron chi connectivity index (χ1n) is 8.66. The molecule has 0 saturated carbocycles. The molecule has 1 unspecified atom stereocenters. The van der Waals surface area contributed by atoms with Crippen molar-refractivity contribution in [2.45, 2.75) is 12.5 Å².